The summed E-state index contributed by atoms with van der Waals surface area (Å²) in [4.78, 5) is 0. The van der Waals surface area contributed by atoms with Crippen molar-refractivity contribution in [2.75, 3.05) is 0 Å². The number of hydrogen-bond donors (Lipinski definition) is 1. The number of hydrogen-bond acceptors (Lipinski definition) is 1. The fourth-order valence-corrected chi connectivity index (χ4v) is 3.44. The van der Waals surface area contributed by atoms with Crippen LogP contribution >= 0.6 is 0 Å². The highest BCUT2D eigenvalue weighted by molar-refractivity contribution is 5.08. The number of fused-ring (bicyclic) bond motifs is 1. The van der Waals surface area contributed by atoms with Gasteiger partial charge in [0.25, 0.3) is 0 Å². The number of aliphatic hydroxyl groups is 1. The molecule has 2 aliphatic rings. The van der Waals surface area contributed by atoms with Crippen molar-refractivity contribution in [3.63, 3.8) is 0 Å². The predicted molar refractivity (Wildman–Crippen MR) is 54.4 cm³/mol. The highest BCUT2D eigenvalue weighted by Crippen LogP contribution is 2.50. The van der Waals surface area contributed by atoms with Crippen molar-refractivity contribution < 1.29 is 5.11 Å². The molecule has 74 valence electrons. The Balaban J connectivity index is 2.27. The fourth-order valence-electron chi connectivity index (χ4n) is 3.44. The zero-order valence-corrected chi connectivity index (χ0v) is 8.66. The Bertz CT molecular complexity index is 221. The summed E-state index contributed by atoms with van der Waals surface area (Å²) in [5, 5.41) is 9.95. The smallest absolute Gasteiger partial charge is 0.0756 e. The van der Waals surface area contributed by atoms with Crippen LogP contribution in [0.15, 0.2) is 12.2 Å². The fraction of sp³-hybridized carbons (Fsp3) is 0.833. The molecule has 0 aliphatic heterocycles. The van der Waals surface area contributed by atoms with Crippen LogP contribution in [0.5, 0.6) is 0 Å². The normalized spacial score (nSPS) is 50.2. The van der Waals surface area contributed by atoms with E-state index >= 15 is 0 Å². The van der Waals surface area contributed by atoms with Crippen LogP contribution in [0, 0.1) is 17.3 Å². The molecule has 1 heteroatoms. The summed E-state index contributed by atoms with van der Waals surface area (Å²) < 4.78 is 0. The van der Waals surface area contributed by atoms with Crippen LogP contribution in [-0.2, 0) is 0 Å². The van der Waals surface area contributed by atoms with Gasteiger partial charge in [-0.05, 0) is 30.1 Å². The molecule has 0 saturated heterocycles. The Hall–Kier alpha value is -0.300. The molecule has 1 saturated carbocycles. The lowest BCUT2D eigenvalue weighted by atomic mass is 9.58. The molecule has 0 spiro atoms. The summed E-state index contributed by atoms with van der Waals surface area (Å²) in [6.45, 7) is 4.64. The molecule has 2 rings (SSSR count). The monoisotopic (exact) mass is 180 g/mol. The van der Waals surface area contributed by atoms with Crippen molar-refractivity contribution in [1.82, 2.24) is 0 Å². The molecular formula is C12H20O. The van der Waals surface area contributed by atoms with Crippen LogP contribution in [0.3, 0.4) is 0 Å². The van der Waals surface area contributed by atoms with Gasteiger partial charge in [-0.15, -0.1) is 0 Å². The third-order valence-corrected chi connectivity index (χ3v) is 4.11. The van der Waals surface area contributed by atoms with Crippen molar-refractivity contribution in [3.05, 3.63) is 12.2 Å². The summed E-state index contributed by atoms with van der Waals surface area (Å²) in [6.07, 6.45) is 9.07. The first-order valence-electron chi connectivity index (χ1n) is 5.48. The summed E-state index contributed by atoms with van der Waals surface area (Å²) in [5.41, 5.74) is 0.381. The van der Waals surface area contributed by atoms with E-state index in [-0.39, 0.29) is 6.10 Å². The van der Waals surface area contributed by atoms with E-state index in [1.54, 1.807) is 0 Å². The van der Waals surface area contributed by atoms with Crippen molar-refractivity contribution in [3.8, 4) is 0 Å². The Kier molecular flexibility index (Phi) is 2.23. The second kappa shape index (κ2) is 3.13. The number of allylic oxidation sites excluding steroid dienone is 1. The minimum Gasteiger partial charge on any atom is -0.389 e. The average molecular weight is 180 g/mol. The average Bonchev–Trinajstić information content (AvgIpc) is 2.02. The van der Waals surface area contributed by atoms with Crippen LogP contribution in [0.25, 0.3) is 0 Å². The molecule has 0 aromatic heterocycles. The third kappa shape index (κ3) is 1.43. The predicted octanol–water partition coefficient (Wildman–Crippen LogP) is 2.75. The first kappa shape index (κ1) is 9.26. The maximum absolute atomic E-state index is 9.95. The van der Waals surface area contributed by atoms with Gasteiger partial charge < -0.3 is 5.11 Å². The molecule has 1 unspecified atom stereocenters. The van der Waals surface area contributed by atoms with Gasteiger partial charge in [0.2, 0.25) is 0 Å². The minimum atomic E-state index is -0.186. The van der Waals surface area contributed by atoms with Gasteiger partial charge in [0, 0.05) is 0 Å². The third-order valence-electron chi connectivity index (χ3n) is 4.11. The Morgan fingerprint density at radius 2 is 2.23 bits per heavy atom. The quantitative estimate of drug-likeness (QED) is 0.568. The molecule has 1 N–H and O–H groups in total. The van der Waals surface area contributed by atoms with Gasteiger partial charge in [-0.3, -0.25) is 0 Å². The molecular weight excluding hydrogens is 160 g/mol. The Morgan fingerprint density at radius 3 is 2.92 bits per heavy atom. The molecule has 13 heavy (non-hydrogen) atoms. The molecule has 2 aliphatic carbocycles. The molecule has 0 aromatic rings. The Morgan fingerprint density at radius 1 is 1.46 bits per heavy atom. The molecule has 1 nitrogen and oxygen atoms in total. The van der Waals surface area contributed by atoms with E-state index < -0.39 is 0 Å². The van der Waals surface area contributed by atoms with E-state index in [9.17, 15) is 5.11 Å². The zero-order chi connectivity index (χ0) is 9.47. The van der Waals surface area contributed by atoms with E-state index in [1.807, 2.05) is 6.08 Å². The molecule has 4 atom stereocenters. The summed E-state index contributed by atoms with van der Waals surface area (Å²) >= 11 is 0. The van der Waals surface area contributed by atoms with E-state index in [0.717, 1.165) is 0 Å². The highest BCUT2D eigenvalue weighted by atomic mass is 16.3. The summed E-state index contributed by atoms with van der Waals surface area (Å²) in [5.74, 6) is 1.20. The van der Waals surface area contributed by atoms with Crippen LogP contribution < -0.4 is 0 Å². The summed E-state index contributed by atoms with van der Waals surface area (Å²) in [7, 11) is 0. The van der Waals surface area contributed by atoms with Crippen molar-refractivity contribution >= 4 is 0 Å². The first-order chi connectivity index (χ1) is 6.13. The maximum Gasteiger partial charge on any atom is 0.0756 e. The number of rotatable bonds is 0. The molecule has 0 bridgehead atoms. The van der Waals surface area contributed by atoms with Gasteiger partial charge in [-0.1, -0.05) is 38.8 Å². The van der Waals surface area contributed by atoms with Gasteiger partial charge in [-0.25, -0.2) is 0 Å². The van der Waals surface area contributed by atoms with E-state index in [0.29, 0.717) is 17.3 Å². The molecule has 0 aromatic carbocycles. The van der Waals surface area contributed by atoms with Gasteiger partial charge in [-0.2, -0.15) is 0 Å². The maximum atomic E-state index is 9.95. The highest BCUT2D eigenvalue weighted by Gasteiger charge is 2.44. The first-order valence-corrected chi connectivity index (χ1v) is 5.48. The lowest BCUT2D eigenvalue weighted by molar-refractivity contribution is -0.0215. The SMILES string of the molecule is C[C@@H]1CCC[C@]2(C)CC=C[C@H](O)C12. The Labute approximate surface area is 80.8 Å². The van der Waals surface area contributed by atoms with Gasteiger partial charge in [0.05, 0.1) is 6.10 Å². The summed E-state index contributed by atoms with van der Waals surface area (Å²) in [6, 6.07) is 0. The van der Waals surface area contributed by atoms with E-state index in [4.69, 9.17) is 0 Å². The lowest BCUT2D eigenvalue weighted by Crippen LogP contribution is -2.44. The van der Waals surface area contributed by atoms with Crippen molar-refractivity contribution in [2.24, 2.45) is 17.3 Å². The zero-order valence-electron chi connectivity index (χ0n) is 8.66. The van der Waals surface area contributed by atoms with Gasteiger partial charge >= 0.3 is 0 Å². The standard InChI is InChI=1S/C12H20O/c1-9-5-3-7-12(2)8-4-6-10(13)11(9)12/h4,6,9-11,13H,3,5,7-8H2,1-2H3/t9-,10+,11?,12-/m1/s1. The molecule has 1 fully saturated rings. The second-order valence-electron chi connectivity index (χ2n) is 5.17. The lowest BCUT2D eigenvalue weighted by Gasteiger charge is -2.48. The van der Waals surface area contributed by atoms with Crippen LogP contribution in [0.1, 0.15) is 39.5 Å². The van der Waals surface area contributed by atoms with Crippen molar-refractivity contribution in [2.45, 2.75) is 45.6 Å². The van der Waals surface area contributed by atoms with Gasteiger partial charge in [0.15, 0.2) is 0 Å². The van der Waals surface area contributed by atoms with E-state index in [2.05, 4.69) is 19.9 Å². The second-order valence-corrected chi connectivity index (χ2v) is 5.17. The van der Waals surface area contributed by atoms with Crippen molar-refractivity contribution in [1.29, 1.82) is 0 Å². The van der Waals surface area contributed by atoms with Crippen LogP contribution in [0.2, 0.25) is 0 Å². The van der Waals surface area contributed by atoms with Crippen LogP contribution in [-0.4, -0.2) is 11.2 Å². The largest absolute Gasteiger partial charge is 0.389 e. The van der Waals surface area contributed by atoms with Crippen LogP contribution in [0.4, 0.5) is 0 Å². The number of aliphatic hydroxyl groups excluding tert-OH is 1. The minimum absolute atomic E-state index is 0.186. The van der Waals surface area contributed by atoms with Gasteiger partial charge in [0.1, 0.15) is 0 Å². The molecule has 0 amide bonds. The van der Waals surface area contributed by atoms with E-state index in [1.165, 1.54) is 25.7 Å². The molecule has 0 heterocycles. The topological polar surface area (TPSA) is 20.2 Å². The molecule has 0 radical (unpaired) electrons.